The van der Waals surface area contributed by atoms with Gasteiger partial charge >= 0.3 is 0 Å². The zero-order valence-corrected chi connectivity index (χ0v) is 10.2. The summed E-state index contributed by atoms with van der Waals surface area (Å²) in [6, 6.07) is 7.18. The molecule has 1 unspecified atom stereocenters. The highest BCUT2D eigenvalue weighted by molar-refractivity contribution is 6.30. The van der Waals surface area contributed by atoms with E-state index in [1.807, 2.05) is 17.0 Å². The molecule has 0 radical (unpaired) electrons. The van der Waals surface area contributed by atoms with Gasteiger partial charge in [-0.3, -0.25) is 4.79 Å². The molecule has 1 heterocycles. The van der Waals surface area contributed by atoms with Crippen molar-refractivity contribution < 1.29 is 4.79 Å². The third kappa shape index (κ3) is 2.56. The van der Waals surface area contributed by atoms with Crippen molar-refractivity contribution in [2.75, 3.05) is 13.1 Å². The minimum absolute atomic E-state index is 0.106. The normalized spacial score (nSPS) is 20.9. The van der Waals surface area contributed by atoms with E-state index in [1.165, 1.54) is 6.42 Å². The van der Waals surface area contributed by atoms with E-state index in [-0.39, 0.29) is 5.91 Å². The molecule has 16 heavy (non-hydrogen) atoms. The molecule has 1 fully saturated rings. The van der Waals surface area contributed by atoms with E-state index in [2.05, 4.69) is 6.92 Å². The first-order valence-electron chi connectivity index (χ1n) is 5.71. The molecule has 1 atom stereocenters. The van der Waals surface area contributed by atoms with Crippen molar-refractivity contribution in [3.8, 4) is 0 Å². The fourth-order valence-electron chi connectivity index (χ4n) is 2.18. The first-order chi connectivity index (χ1) is 7.66. The van der Waals surface area contributed by atoms with E-state index in [4.69, 9.17) is 11.6 Å². The van der Waals surface area contributed by atoms with Gasteiger partial charge in [-0.15, -0.1) is 0 Å². The molecule has 0 saturated carbocycles. The molecule has 1 aromatic carbocycles. The molecular weight excluding hydrogens is 222 g/mol. The minimum atomic E-state index is 0.106. The van der Waals surface area contributed by atoms with Gasteiger partial charge in [0.25, 0.3) is 5.91 Å². The highest BCUT2D eigenvalue weighted by Gasteiger charge is 2.21. The average molecular weight is 238 g/mol. The SMILES string of the molecule is CC1CCCN(C(=O)c2cccc(Cl)c2)C1. The van der Waals surface area contributed by atoms with Crippen LogP contribution < -0.4 is 0 Å². The molecule has 0 aromatic heterocycles. The van der Waals surface area contributed by atoms with Gasteiger partial charge in [0.05, 0.1) is 0 Å². The Balaban J connectivity index is 2.12. The summed E-state index contributed by atoms with van der Waals surface area (Å²) in [6.07, 6.45) is 2.33. The van der Waals surface area contributed by atoms with Crippen molar-refractivity contribution in [1.29, 1.82) is 0 Å². The molecule has 1 aromatic rings. The highest BCUT2D eigenvalue weighted by Crippen LogP contribution is 2.19. The molecule has 0 aliphatic carbocycles. The molecule has 0 N–H and O–H groups in total. The molecule has 0 bridgehead atoms. The Morgan fingerprint density at radius 1 is 1.50 bits per heavy atom. The molecule has 1 aliphatic heterocycles. The van der Waals surface area contributed by atoms with Gasteiger partial charge in [-0.2, -0.15) is 0 Å². The van der Waals surface area contributed by atoms with Gasteiger partial charge in [0.15, 0.2) is 0 Å². The van der Waals surface area contributed by atoms with Crippen LogP contribution >= 0.6 is 11.6 Å². The van der Waals surface area contributed by atoms with Crippen LogP contribution in [-0.2, 0) is 0 Å². The van der Waals surface area contributed by atoms with Crippen LogP contribution in [0.15, 0.2) is 24.3 Å². The smallest absolute Gasteiger partial charge is 0.253 e. The van der Waals surface area contributed by atoms with Crippen molar-refractivity contribution in [2.45, 2.75) is 19.8 Å². The van der Waals surface area contributed by atoms with Crippen LogP contribution in [0.5, 0.6) is 0 Å². The lowest BCUT2D eigenvalue weighted by atomic mass is 9.99. The van der Waals surface area contributed by atoms with E-state index >= 15 is 0 Å². The number of amides is 1. The zero-order valence-electron chi connectivity index (χ0n) is 9.45. The van der Waals surface area contributed by atoms with E-state index in [0.717, 1.165) is 19.5 Å². The van der Waals surface area contributed by atoms with E-state index in [0.29, 0.717) is 16.5 Å². The van der Waals surface area contributed by atoms with Gasteiger partial charge in [-0.25, -0.2) is 0 Å². The Hall–Kier alpha value is -1.02. The largest absolute Gasteiger partial charge is 0.338 e. The number of benzene rings is 1. The number of likely N-dealkylation sites (tertiary alicyclic amines) is 1. The minimum Gasteiger partial charge on any atom is -0.338 e. The van der Waals surface area contributed by atoms with Crippen molar-refractivity contribution in [3.63, 3.8) is 0 Å². The number of halogens is 1. The second kappa shape index (κ2) is 4.88. The summed E-state index contributed by atoms with van der Waals surface area (Å²) >= 11 is 5.89. The maximum atomic E-state index is 12.2. The fraction of sp³-hybridized carbons (Fsp3) is 0.462. The first kappa shape index (κ1) is 11.5. The lowest BCUT2D eigenvalue weighted by Crippen LogP contribution is -2.39. The van der Waals surface area contributed by atoms with Crippen LogP contribution in [0.4, 0.5) is 0 Å². The lowest BCUT2D eigenvalue weighted by molar-refractivity contribution is 0.0683. The summed E-state index contributed by atoms with van der Waals surface area (Å²) in [5.74, 6) is 0.714. The van der Waals surface area contributed by atoms with Crippen molar-refractivity contribution in [1.82, 2.24) is 4.90 Å². The summed E-state index contributed by atoms with van der Waals surface area (Å²) in [6.45, 7) is 3.93. The van der Waals surface area contributed by atoms with Gasteiger partial charge in [-0.1, -0.05) is 24.6 Å². The summed E-state index contributed by atoms with van der Waals surface area (Å²) in [4.78, 5) is 14.1. The third-order valence-corrected chi connectivity index (χ3v) is 3.25. The Morgan fingerprint density at radius 2 is 2.31 bits per heavy atom. The molecule has 1 saturated heterocycles. The first-order valence-corrected chi connectivity index (χ1v) is 6.09. The Morgan fingerprint density at radius 3 is 3.00 bits per heavy atom. The Labute approximate surface area is 101 Å². The second-order valence-electron chi connectivity index (χ2n) is 4.51. The van der Waals surface area contributed by atoms with Crippen LogP contribution in [0, 0.1) is 5.92 Å². The van der Waals surface area contributed by atoms with Gasteiger partial charge < -0.3 is 4.90 Å². The van der Waals surface area contributed by atoms with Gasteiger partial charge in [-0.05, 0) is 37.0 Å². The van der Waals surface area contributed by atoms with Crippen LogP contribution in [0.2, 0.25) is 5.02 Å². The number of nitrogens with zero attached hydrogens (tertiary/aromatic N) is 1. The fourth-order valence-corrected chi connectivity index (χ4v) is 2.37. The van der Waals surface area contributed by atoms with Crippen LogP contribution in [-0.4, -0.2) is 23.9 Å². The molecule has 2 nitrogen and oxygen atoms in total. The molecular formula is C13H16ClNO. The summed E-state index contributed by atoms with van der Waals surface area (Å²) in [5, 5.41) is 0.621. The molecule has 3 heteroatoms. The summed E-state index contributed by atoms with van der Waals surface area (Å²) in [7, 11) is 0. The van der Waals surface area contributed by atoms with E-state index in [1.54, 1.807) is 12.1 Å². The molecule has 1 amide bonds. The molecule has 86 valence electrons. The van der Waals surface area contributed by atoms with Crippen LogP contribution in [0.3, 0.4) is 0 Å². The standard InChI is InChI=1S/C13H16ClNO/c1-10-4-3-7-15(9-10)13(16)11-5-2-6-12(14)8-11/h2,5-6,8,10H,3-4,7,9H2,1H3. The number of rotatable bonds is 1. The number of hydrogen-bond acceptors (Lipinski definition) is 1. The predicted octanol–water partition coefficient (Wildman–Crippen LogP) is 3.21. The van der Waals surface area contributed by atoms with Crippen molar-refractivity contribution >= 4 is 17.5 Å². The van der Waals surface area contributed by atoms with Crippen molar-refractivity contribution in [3.05, 3.63) is 34.9 Å². The van der Waals surface area contributed by atoms with Crippen LogP contribution in [0.25, 0.3) is 0 Å². The number of carbonyl (C=O) groups is 1. The van der Waals surface area contributed by atoms with Gasteiger partial charge in [0.2, 0.25) is 0 Å². The average Bonchev–Trinajstić information content (AvgIpc) is 2.28. The maximum Gasteiger partial charge on any atom is 0.253 e. The zero-order chi connectivity index (χ0) is 11.5. The number of piperidine rings is 1. The second-order valence-corrected chi connectivity index (χ2v) is 4.95. The lowest BCUT2D eigenvalue weighted by Gasteiger charge is -2.31. The molecule has 2 rings (SSSR count). The maximum absolute atomic E-state index is 12.2. The van der Waals surface area contributed by atoms with E-state index in [9.17, 15) is 4.79 Å². The summed E-state index contributed by atoms with van der Waals surface area (Å²) < 4.78 is 0. The Bertz CT molecular complexity index is 391. The summed E-state index contributed by atoms with van der Waals surface area (Å²) in [5.41, 5.74) is 0.696. The van der Waals surface area contributed by atoms with Crippen LogP contribution in [0.1, 0.15) is 30.1 Å². The predicted molar refractivity (Wildman–Crippen MR) is 65.8 cm³/mol. The quantitative estimate of drug-likeness (QED) is 0.735. The topological polar surface area (TPSA) is 20.3 Å². The van der Waals surface area contributed by atoms with Gasteiger partial charge in [0.1, 0.15) is 0 Å². The van der Waals surface area contributed by atoms with E-state index < -0.39 is 0 Å². The number of hydrogen-bond donors (Lipinski definition) is 0. The third-order valence-electron chi connectivity index (χ3n) is 3.02. The number of carbonyl (C=O) groups excluding carboxylic acids is 1. The molecule has 1 aliphatic rings. The Kier molecular flexibility index (Phi) is 3.49. The van der Waals surface area contributed by atoms with Gasteiger partial charge in [0, 0.05) is 23.7 Å². The molecule has 0 spiro atoms. The highest BCUT2D eigenvalue weighted by atomic mass is 35.5. The van der Waals surface area contributed by atoms with Crippen molar-refractivity contribution in [2.24, 2.45) is 5.92 Å². The monoisotopic (exact) mass is 237 g/mol.